The average molecular weight is 265 g/mol. The summed E-state index contributed by atoms with van der Waals surface area (Å²) in [5.74, 6) is 1.27. The van der Waals surface area contributed by atoms with E-state index in [9.17, 15) is 0 Å². The van der Waals surface area contributed by atoms with Gasteiger partial charge >= 0.3 is 0 Å². The van der Waals surface area contributed by atoms with Gasteiger partial charge in [-0.25, -0.2) is 4.98 Å². The van der Waals surface area contributed by atoms with Crippen LogP contribution in [0.4, 0.5) is 5.69 Å². The van der Waals surface area contributed by atoms with Gasteiger partial charge in [-0.15, -0.1) is 0 Å². The van der Waals surface area contributed by atoms with Crippen LogP contribution in [0.25, 0.3) is 0 Å². The van der Waals surface area contributed by atoms with Gasteiger partial charge < -0.3 is 9.73 Å². The molecule has 96 valence electrons. The molecule has 0 atom stereocenters. The lowest BCUT2D eigenvalue weighted by atomic mass is 10.0. The Balaban J connectivity index is 2.10. The van der Waals surface area contributed by atoms with Crippen LogP contribution in [-0.4, -0.2) is 4.98 Å². The van der Waals surface area contributed by atoms with Gasteiger partial charge in [0.1, 0.15) is 6.26 Å². The zero-order valence-electron chi connectivity index (χ0n) is 10.6. The first-order chi connectivity index (χ1) is 8.65. The van der Waals surface area contributed by atoms with E-state index in [0.29, 0.717) is 18.4 Å². The molecule has 1 heterocycles. The molecule has 18 heavy (non-hydrogen) atoms. The van der Waals surface area contributed by atoms with Crippen molar-refractivity contribution in [2.24, 2.45) is 5.92 Å². The topological polar surface area (TPSA) is 38.1 Å². The first-order valence-corrected chi connectivity index (χ1v) is 6.43. The number of nitrogens with zero attached hydrogens (tertiary/aromatic N) is 1. The van der Waals surface area contributed by atoms with Crippen molar-refractivity contribution in [1.82, 2.24) is 4.98 Å². The Morgan fingerprint density at radius 3 is 2.89 bits per heavy atom. The minimum Gasteiger partial charge on any atom is -0.447 e. The first kappa shape index (κ1) is 13.0. The zero-order chi connectivity index (χ0) is 13.0. The molecule has 4 heteroatoms. The second-order valence-electron chi connectivity index (χ2n) is 4.68. The summed E-state index contributed by atoms with van der Waals surface area (Å²) in [5, 5.41) is 4.10. The van der Waals surface area contributed by atoms with Crippen LogP contribution < -0.4 is 5.32 Å². The molecule has 0 saturated heterocycles. The molecule has 0 saturated carbocycles. The van der Waals surface area contributed by atoms with Crippen molar-refractivity contribution in [3.63, 3.8) is 0 Å². The molecule has 3 nitrogen and oxygen atoms in total. The largest absolute Gasteiger partial charge is 0.447 e. The van der Waals surface area contributed by atoms with E-state index in [4.69, 9.17) is 16.0 Å². The normalized spacial score (nSPS) is 10.9. The summed E-state index contributed by atoms with van der Waals surface area (Å²) in [6, 6.07) is 5.91. The second kappa shape index (κ2) is 5.91. The second-order valence-corrected chi connectivity index (χ2v) is 5.12. The molecular formula is C14H17ClN2O. The van der Waals surface area contributed by atoms with Crippen molar-refractivity contribution in [2.45, 2.75) is 26.8 Å². The minimum absolute atomic E-state index is 0.583. The van der Waals surface area contributed by atoms with Crippen LogP contribution in [0.3, 0.4) is 0 Å². The molecule has 2 aromatic rings. The summed E-state index contributed by atoms with van der Waals surface area (Å²) in [7, 11) is 0. The Morgan fingerprint density at radius 2 is 2.22 bits per heavy atom. The summed E-state index contributed by atoms with van der Waals surface area (Å²) < 4.78 is 5.20. The summed E-state index contributed by atoms with van der Waals surface area (Å²) in [6.07, 6.45) is 4.22. The van der Waals surface area contributed by atoms with Gasteiger partial charge in [0.2, 0.25) is 5.89 Å². The predicted molar refractivity (Wildman–Crippen MR) is 73.8 cm³/mol. The van der Waals surface area contributed by atoms with E-state index >= 15 is 0 Å². The highest BCUT2D eigenvalue weighted by atomic mass is 35.5. The maximum absolute atomic E-state index is 6.04. The molecule has 0 aliphatic heterocycles. The highest BCUT2D eigenvalue weighted by molar-refractivity contribution is 6.30. The van der Waals surface area contributed by atoms with E-state index in [2.05, 4.69) is 24.1 Å². The molecular weight excluding hydrogens is 248 g/mol. The summed E-state index contributed by atoms with van der Waals surface area (Å²) in [5.41, 5.74) is 2.32. The molecule has 1 N–H and O–H groups in total. The molecule has 0 bridgehead atoms. The highest BCUT2D eigenvalue weighted by Gasteiger charge is 2.06. The smallest absolute Gasteiger partial charge is 0.213 e. The lowest BCUT2D eigenvalue weighted by Crippen LogP contribution is -2.04. The molecule has 0 spiro atoms. The van der Waals surface area contributed by atoms with Crippen LogP contribution in [0, 0.1) is 5.92 Å². The van der Waals surface area contributed by atoms with Crippen molar-refractivity contribution in [1.29, 1.82) is 0 Å². The van der Waals surface area contributed by atoms with Gasteiger partial charge in [-0.2, -0.15) is 0 Å². The Hall–Kier alpha value is -1.48. The third-order valence-corrected chi connectivity index (χ3v) is 2.84. The minimum atomic E-state index is 0.583. The number of rotatable bonds is 5. The van der Waals surface area contributed by atoms with Crippen molar-refractivity contribution >= 4 is 17.3 Å². The van der Waals surface area contributed by atoms with Gasteiger partial charge in [0, 0.05) is 10.7 Å². The molecule has 0 amide bonds. The van der Waals surface area contributed by atoms with Gasteiger partial charge in [0.15, 0.2) is 0 Å². The van der Waals surface area contributed by atoms with E-state index in [1.54, 1.807) is 12.5 Å². The molecule has 0 aliphatic rings. The summed E-state index contributed by atoms with van der Waals surface area (Å²) >= 11 is 6.04. The molecule has 2 rings (SSSR count). The van der Waals surface area contributed by atoms with Crippen molar-refractivity contribution in [3.8, 4) is 0 Å². The van der Waals surface area contributed by atoms with Gasteiger partial charge in [-0.05, 0) is 36.1 Å². The van der Waals surface area contributed by atoms with E-state index in [1.165, 1.54) is 5.56 Å². The van der Waals surface area contributed by atoms with Gasteiger partial charge in [-0.3, -0.25) is 0 Å². The standard InChI is InChI=1S/C14H17ClN2O/c1-10(2)7-11-8-12(15)3-4-13(11)17-9-14-16-5-6-18-14/h3-6,8,10,17H,7,9H2,1-2H3. The number of oxazole rings is 1. The van der Waals surface area contributed by atoms with E-state index < -0.39 is 0 Å². The Morgan fingerprint density at radius 1 is 1.39 bits per heavy atom. The van der Waals surface area contributed by atoms with Crippen LogP contribution in [-0.2, 0) is 13.0 Å². The number of halogens is 1. The third kappa shape index (κ3) is 3.50. The fourth-order valence-corrected chi connectivity index (χ4v) is 2.05. The number of aromatic nitrogens is 1. The number of anilines is 1. The van der Waals surface area contributed by atoms with Crippen molar-refractivity contribution < 1.29 is 4.42 Å². The molecule has 1 aromatic heterocycles. The van der Waals surface area contributed by atoms with Crippen LogP contribution in [0.2, 0.25) is 5.02 Å². The van der Waals surface area contributed by atoms with Crippen molar-refractivity contribution in [2.75, 3.05) is 5.32 Å². The Labute approximate surface area is 112 Å². The van der Waals surface area contributed by atoms with Gasteiger partial charge in [-0.1, -0.05) is 25.4 Å². The lowest BCUT2D eigenvalue weighted by molar-refractivity contribution is 0.503. The SMILES string of the molecule is CC(C)Cc1cc(Cl)ccc1NCc1ncco1. The average Bonchev–Trinajstić information content (AvgIpc) is 2.80. The van der Waals surface area contributed by atoms with Crippen LogP contribution in [0.5, 0.6) is 0 Å². The number of nitrogens with one attached hydrogen (secondary N) is 1. The Bertz CT molecular complexity index is 495. The maximum atomic E-state index is 6.04. The van der Waals surface area contributed by atoms with Crippen LogP contribution in [0.1, 0.15) is 25.3 Å². The maximum Gasteiger partial charge on any atom is 0.213 e. The van der Waals surface area contributed by atoms with E-state index in [-0.39, 0.29) is 0 Å². The third-order valence-electron chi connectivity index (χ3n) is 2.61. The highest BCUT2D eigenvalue weighted by Crippen LogP contribution is 2.23. The molecule has 0 radical (unpaired) electrons. The van der Waals surface area contributed by atoms with E-state index in [0.717, 1.165) is 17.1 Å². The monoisotopic (exact) mass is 264 g/mol. The van der Waals surface area contributed by atoms with Crippen LogP contribution in [0.15, 0.2) is 35.1 Å². The van der Waals surface area contributed by atoms with Gasteiger partial charge in [0.05, 0.1) is 12.7 Å². The molecule has 0 unspecified atom stereocenters. The number of hydrogen-bond donors (Lipinski definition) is 1. The zero-order valence-corrected chi connectivity index (χ0v) is 11.4. The summed E-state index contributed by atoms with van der Waals surface area (Å²) in [4.78, 5) is 4.08. The Kier molecular flexibility index (Phi) is 4.26. The summed E-state index contributed by atoms with van der Waals surface area (Å²) in [6.45, 7) is 4.97. The van der Waals surface area contributed by atoms with Crippen molar-refractivity contribution in [3.05, 3.63) is 47.1 Å². The first-order valence-electron chi connectivity index (χ1n) is 6.06. The number of benzene rings is 1. The number of hydrogen-bond acceptors (Lipinski definition) is 3. The fourth-order valence-electron chi connectivity index (χ4n) is 1.85. The molecule has 0 aliphatic carbocycles. The van der Waals surface area contributed by atoms with Gasteiger partial charge in [0.25, 0.3) is 0 Å². The molecule has 0 fully saturated rings. The fraction of sp³-hybridized carbons (Fsp3) is 0.357. The quantitative estimate of drug-likeness (QED) is 0.882. The molecule has 1 aromatic carbocycles. The lowest BCUT2D eigenvalue weighted by Gasteiger charge is -2.13. The van der Waals surface area contributed by atoms with E-state index in [1.807, 2.05) is 18.2 Å². The van der Waals surface area contributed by atoms with Crippen LogP contribution >= 0.6 is 11.6 Å². The predicted octanol–water partition coefficient (Wildman–Crippen LogP) is 4.14.